The zero-order valence-electron chi connectivity index (χ0n) is 14.0. The smallest absolute Gasteiger partial charge is 0.253 e. The summed E-state index contributed by atoms with van der Waals surface area (Å²) in [4.78, 5) is 15.3. The Bertz CT molecular complexity index is 704. The topological polar surface area (TPSA) is 37.4 Å². The van der Waals surface area contributed by atoms with Gasteiger partial charge in [-0.05, 0) is 55.0 Å². The predicted molar refractivity (Wildman–Crippen MR) is 97.5 cm³/mol. The number of benzene rings is 2. The maximum Gasteiger partial charge on any atom is 0.253 e. The third kappa shape index (κ3) is 4.12. The second-order valence-corrected chi connectivity index (χ2v) is 7.78. The van der Waals surface area contributed by atoms with E-state index in [2.05, 4.69) is 24.3 Å². The van der Waals surface area contributed by atoms with Crippen molar-refractivity contribution in [2.24, 2.45) is 5.92 Å². The molecule has 0 saturated carbocycles. The third-order valence-electron chi connectivity index (χ3n) is 4.70. The number of amides is 1. The minimum Gasteiger partial charge on any atom is -0.339 e. The van der Waals surface area contributed by atoms with Crippen LogP contribution in [0.3, 0.4) is 0 Å². The van der Waals surface area contributed by atoms with E-state index in [0.29, 0.717) is 11.5 Å². The molecule has 0 bridgehead atoms. The molecule has 3 rings (SSSR count). The maximum atomic E-state index is 12.6. The summed E-state index contributed by atoms with van der Waals surface area (Å²) < 4.78 is 11.4. The number of carbonyl (C=O) groups excluding carboxylic acids is 1. The first-order valence-electron chi connectivity index (χ1n) is 8.40. The Morgan fingerprint density at radius 1 is 1.04 bits per heavy atom. The molecule has 1 amide bonds. The molecule has 0 N–H and O–H groups in total. The molecule has 2 aromatic rings. The van der Waals surface area contributed by atoms with Crippen LogP contribution in [0.15, 0.2) is 59.5 Å². The van der Waals surface area contributed by atoms with Gasteiger partial charge in [0.05, 0.1) is 0 Å². The van der Waals surface area contributed by atoms with Gasteiger partial charge >= 0.3 is 0 Å². The van der Waals surface area contributed by atoms with Crippen molar-refractivity contribution >= 4 is 16.7 Å². The summed E-state index contributed by atoms with van der Waals surface area (Å²) in [5.74, 6) is 0.739. The molecule has 0 spiro atoms. The van der Waals surface area contributed by atoms with E-state index in [1.807, 2.05) is 11.0 Å². The average Bonchev–Trinajstić information content (AvgIpc) is 2.63. The van der Waals surface area contributed by atoms with Crippen molar-refractivity contribution in [3.05, 3.63) is 65.7 Å². The van der Waals surface area contributed by atoms with Gasteiger partial charge in [-0.1, -0.05) is 30.3 Å². The molecule has 126 valence electrons. The van der Waals surface area contributed by atoms with Crippen LogP contribution in [0.5, 0.6) is 0 Å². The van der Waals surface area contributed by atoms with Crippen LogP contribution in [-0.2, 0) is 17.2 Å². The van der Waals surface area contributed by atoms with E-state index in [9.17, 15) is 9.00 Å². The van der Waals surface area contributed by atoms with Crippen LogP contribution in [0.25, 0.3) is 0 Å². The van der Waals surface area contributed by atoms with E-state index in [1.54, 1.807) is 30.5 Å². The molecular weight excluding hydrogens is 318 g/mol. The monoisotopic (exact) mass is 341 g/mol. The Morgan fingerprint density at radius 2 is 1.67 bits per heavy atom. The van der Waals surface area contributed by atoms with Crippen LogP contribution in [0.2, 0.25) is 0 Å². The number of piperidine rings is 1. The number of hydrogen-bond donors (Lipinski definition) is 0. The summed E-state index contributed by atoms with van der Waals surface area (Å²) in [5.41, 5.74) is 2.07. The van der Waals surface area contributed by atoms with Crippen molar-refractivity contribution in [2.45, 2.75) is 24.2 Å². The Morgan fingerprint density at radius 3 is 2.25 bits per heavy atom. The largest absolute Gasteiger partial charge is 0.339 e. The van der Waals surface area contributed by atoms with Crippen molar-refractivity contribution in [2.75, 3.05) is 19.3 Å². The number of likely N-dealkylation sites (tertiary alicyclic amines) is 1. The molecule has 0 aliphatic carbocycles. The lowest BCUT2D eigenvalue weighted by molar-refractivity contribution is 0.0690. The van der Waals surface area contributed by atoms with Gasteiger partial charge in [0.1, 0.15) is 0 Å². The van der Waals surface area contributed by atoms with Gasteiger partial charge in [0.2, 0.25) is 0 Å². The Kier molecular flexibility index (Phi) is 5.46. The van der Waals surface area contributed by atoms with E-state index in [4.69, 9.17) is 0 Å². The fourth-order valence-electron chi connectivity index (χ4n) is 3.26. The second kappa shape index (κ2) is 7.75. The minimum atomic E-state index is -1.00. The van der Waals surface area contributed by atoms with Gasteiger partial charge in [-0.25, -0.2) is 0 Å². The third-order valence-corrected chi connectivity index (χ3v) is 5.64. The number of hydrogen-bond acceptors (Lipinski definition) is 2. The lowest BCUT2D eigenvalue weighted by atomic mass is 9.90. The molecule has 1 aliphatic rings. The van der Waals surface area contributed by atoms with E-state index >= 15 is 0 Å². The molecule has 1 atom stereocenters. The molecule has 24 heavy (non-hydrogen) atoms. The summed E-state index contributed by atoms with van der Waals surface area (Å²) in [6.07, 6.45) is 4.85. The summed E-state index contributed by atoms with van der Waals surface area (Å²) in [6.45, 7) is 1.63. The first kappa shape index (κ1) is 16.9. The van der Waals surface area contributed by atoms with Crippen LogP contribution in [-0.4, -0.2) is 34.4 Å². The van der Waals surface area contributed by atoms with Gasteiger partial charge in [-0.15, -0.1) is 0 Å². The van der Waals surface area contributed by atoms with Gasteiger partial charge < -0.3 is 4.90 Å². The molecule has 1 fully saturated rings. The minimum absolute atomic E-state index is 0.0848. The first-order valence-corrected chi connectivity index (χ1v) is 9.96. The van der Waals surface area contributed by atoms with E-state index in [-0.39, 0.29) is 5.91 Å². The summed E-state index contributed by atoms with van der Waals surface area (Å²) in [5, 5.41) is 0. The molecular formula is C20H23NO2S. The quantitative estimate of drug-likeness (QED) is 0.853. The molecule has 1 unspecified atom stereocenters. The van der Waals surface area contributed by atoms with Crippen LogP contribution in [0, 0.1) is 5.92 Å². The van der Waals surface area contributed by atoms with Crippen molar-refractivity contribution in [3.8, 4) is 0 Å². The summed E-state index contributed by atoms with van der Waals surface area (Å²) in [6, 6.07) is 17.7. The van der Waals surface area contributed by atoms with Crippen molar-refractivity contribution in [1.82, 2.24) is 4.90 Å². The van der Waals surface area contributed by atoms with Crippen LogP contribution >= 0.6 is 0 Å². The zero-order chi connectivity index (χ0) is 16.9. The molecule has 1 heterocycles. The number of carbonyl (C=O) groups is 1. The fraction of sp³-hybridized carbons (Fsp3) is 0.350. The predicted octanol–water partition coefficient (Wildman–Crippen LogP) is 3.52. The van der Waals surface area contributed by atoms with Crippen molar-refractivity contribution in [3.63, 3.8) is 0 Å². The summed E-state index contributed by atoms with van der Waals surface area (Å²) >= 11 is 0. The van der Waals surface area contributed by atoms with Crippen LogP contribution < -0.4 is 0 Å². The highest BCUT2D eigenvalue weighted by atomic mass is 32.2. The molecule has 4 heteroatoms. The highest BCUT2D eigenvalue weighted by molar-refractivity contribution is 7.84. The highest BCUT2D eigenvalue weighted by Gasteiger charge is 2.23. The second-order valence-electron chi connectivity index (χ2n) is 6.40. The normalized spacial score (nSPS) is 16.8. The standard InChI is InChI=1S/C20H23NO2S/c1-24(23)19-9-7-18(8-10-19)20(22)21-13-11-17(12-14-21)15-16-5-3-2-4-6-16/h2-10,17H,11-15H2,1H3. The molecule has 0 aromatic heterocycles. The Balaban J connectivity index is 1.56. The molecule has 0 radical (unpaired) electrons. The zero-order valence-corrected chi connectivity index (χ0v) is 14.8. The number of nitrogens with zero attached hydrogens (tertiary/aromatic N) is 1. The van der Waals surface area contributed by atoms with Crippen molar-refractivity contribution < 1.29 is 9.00 Å². The fourth-order valence-corrected chi connectivity index (χ4v) is 3.78. The number of rotatable bonds is 4. The Labute approximate surface area is 146 Å². The molecule has 3 nitrogen and oxygen atoms in total. The van der Waals surface area contributed by atoms with Crippen LogP contribution in [0.4, 0.5) is 0 Å². The maximum absolute atomic E-state index is 12.6. The first-order chi connectivity index (χ1) is 11.6. The van der Waals surface area contributed by atoms with Crippen molar-refractivity contribution in [1.29, 1.82) is 0 Å². The molecule has 2 aromatic carbocycles. The van der Waals surface area contributed by atoms with Gasteiger partial charge in [-0.3, -0.25) is 9.00 Å². The van der Waals surface area contributed by atoms with E-state index < -0.39 is 10.8 Å². The van der Waals surface area contributed by atoms with Crippen LogP contribution in [0.1, 0.15) is 28.8 Å². The summed E-state index contributed by atoms with van der Waals surface area (Å²) in [7, 11) is -1.00. The highest BCUT2D eigenvalue weighted by Crippen LogP contribution is 2.23. The SMILES string of the molecule is CS(=O)c1ccc(C(=O)N2CCC(Cc3ccccc3)CC2)cc1. The van der Waals surface area contributed by atoms with Gasteiger partial charge in [0.15, 0.2) is 0 Å². The Hall–Kier alpha value is -1.94. The molecule has 1 aliphatic heterocycles. The van der Waals surface area contributed by atoms with Gasteiger partial charge in [-0.2, -0.15) is 0 Å². The van der Waals surface area contributed by atoms with Gasteiger partial charge in [0, 0.05) is 40.6 Å². The molecule has 1 saturated heterocycles. The van der Waals surface area contributed by atoms with E-state index in [1.165, 1.54) is 5.56 Å². The van der Waals surface area contributed by atoms with Gasteiger partial charge in [0.25, 0.3) is 5.91 Å². The van der Waals surface area contributed by atoms with E-state index in [0.717, 1.165) is 37.2 Å². The lowest BCUT2D eigenvalue weighted by Gasteiger charge is -2.32. The average molecular weight is 341 g/mol. The lowest BCUT2D eigenvalue weighted by Crippen LogP contribution is -2.38.